The van der Waals surface area contributed by atoms with E-state index in [2.05, 4.69) is 31.1 Å². The van der Waals surface area contributed by atoms with Crippen LogP contribution in [0.5, 0.6) is 0 Å². The van der Waals surface area contributed by atoms with Gasteiger partial charge in [0.2, 0.25) is 11.8 Å². The van der Waals surface area contributed by atoms with Gasteiger partial charge in [0.25, 0.3) is 0 Å². The fourth-order valence-electron chi connectivity index (χ4n) is 2.32. The molecule has 0 aromatic carbocycles. The van der Waals surface area contributed by atoms with E-state index in [-0.39, 0.29) is 23.9 Å². The third-order valence-electron chi connectivity index (χ3n) is 4.17. The first-order chi connectivity index (χ1) is 9.38. The number of rotatable bonds is 8. The van der Waals surface area contributed by atoms with E-state index in [0.29, 0.717) is 12.5 Å². The highest BCUT2D eigenvalue weighted by Gasteiger charge is 2.40. The van der Waals surface area contributed by atoms with Crippen LogP contribution in [0.25, 0.3) is 0 Å². The predicted molar refractivity (Wildman–Crippen MR) is 80.4 cm³/mol. The topological polar surface area (TPSA) is 52.7 Å². The minimum absolute atomic E-state index is 0.00822. The van der Waals surface area contributed by atoms with Crippen molar-refractivity contribution in [3.8, 4) is 0 Å². The van der Waals surface area contributed by atoms with E-state index in [9.17, 15) is 9.59 Å². The molecule has 5 nitrogen and oxygen atoms in total. The fraction of sp³-hybridized carbons (Fsp3) is 0.867. The predicted octanol–water partition coefficient (Wildman–Crippen LogP) is 1.23. The maximum absolute atomic E-state index is 12.2. The Morgan fingerprint density at radius 3 is 2.55 bits per heavy atom. The molecule has 1 heterocycles. The zero-order valence-corrected chi connectivity index (χ0v) is 13.5. The molecule has 5 heteroatoms. The van der Waals surface area contributed by atoms with Gasteiger partial charge in [-0.1, -0.05) is 6.92 Å². The molecular formula is C15H29N3O2. The number of carbonyl (C=O) groups is 2. The number of carbonyl (C=O) groups excluding carboxylic acids is 2. The second kappa shape index (κ2) is 7.74. The summed E-state index contributed by atoms with van der Waals surface area (Å²) in [7, 11) is 2.10. The van der Waals surface area contributed by atoms with Crippen molar-refractivity contribution in [2.24, 2.45) is 0 Å². The van der Waals surface area contributed by atoms with E-state index in [1.165, 1.54) is 4.90 Å². The number of nitrogens with one attached hydrogen (secondary N) is 1. The number of hydrogen-bond acceptors (Lipinski definition) is 4. The summed E-state index contributed by atoms with van der Waals surface area (Å²) in [6, 6.07) is 0.223. The van der Waals surface area contributed by atoms with Gasteiger partial charge in [0.05, 0.1) is 12.5 Å². The molecule has 1 saturated heterocycles. The highest BCUT2D eigenvalue weighted by molar-refractivity contribution is 6.05. The Balaban J connectivity index is 2.36. The second-order valence-corrected chi connectivity index (χ2v) is 6.00. The Morgan fingerprint density at radius 2 is 2.00 bits per heavy atom. The number of nitrogens with zero attached hydrogens (tertiary/aromatic N) is 2. The van der Waals surface area contributed by atoms with Crippen molar-refractivity contribution in [2.45, 2.75) is 65.1 Å². The summed E-state index contributed by atoms with van der Waals surface area (Å²) in [6.45, 7) is 10.0. The van der Waals surface area contributed by atoms with Crippen molar-refractivity contribution in [1.82, 2.24) is 15.1 Å². The number of hydrogen-bond donors (Lipinski definition) is 1. The van der Waals surface area contributed by atoms with E-state index >= 15 is 0 Å². The first-order valence-corrected chi connectivity index (χ1v) is 7.68. The average Bonchev–Trinajstić information content (AvgIpc) is 2.68. The lowest BCUT2D eigenvalue weighted by atomic mass is 10.2. The molecule has 2 amide bonds. The van der Waals surface area contributed by atoms with Crippen molar-refractivity contribution in [1.29, 1.82) is 0 Å². The van der Waals surface area contributed by atoms with Gasteiger partial charge in [-0.15, -0.1) is 0 Å². The summed E-state index contributed by atoms with van der Waals surface area (Å²) in [5, 5.41) is 3.23. The van der Waals surface area contributed by atoms with Crippen molar-refractivity contribution in [3.63, 3.8) is 0 Å². The van der Waals surface area contributed by atoms with Gasteiger partial charge in [-0.05, 0) is 53.8 Å². The smallest absolute Gasteiger partial charge is 0.247 e. The lowest BCUT2D eigenvalue weighted by Gasteiger charge is -2.22. The van der Waals surface area contributed by atoms with E-state index in [0.717, 1.165) is 25.9 Å². The number of imide groups is 1. The van der Waals surface area contributed by atoms with Gasteiger partial charge in [0, 0.05) is 12.1 Å². The Kier molecular flexibility index (Phi) is 6.62. The van der Waals surface area contributed by atoms with Gasteiger partial charge in [-0.3, -0.25) is 14.5 Å². The molecule has 0 spiro atoms. The van der Waals surface area contributed by atoms with E-state index in [1.54, 1.807) is 0 Å². The Morgan fingerprint density at radius 1 is 1.35 bits per heavy atom. The van der Waals surface area contributed by atoms with Crippen LogP contribution in [0.4, 0.5) is 0 Å². The summed E-state index contributed by atoms with van der Waals surface area (Å²) in [6.07, 6.45) is 2.10. The average molecular weight is 283 g/mol. The molecule has 1 aliphatic rings. The van der Waals surface area contributed by atoms with E-state index in [1.807, 2.05) is 13.8 Å². The van der Waals surface area contributed by atoms with Crippen LogP contribution in [-0.4, -0.2) is 59.9 Å². The maximum Gasteiger partial charge on any atom is 0.247 e. The minimum Gasteiger partial charge on any atom is -0.305 e. The lowest BCUT2D eigenvalue weighted by Crippen LogP contribution is -2.43. The maximum atomic E-state index is 12.2. The summed E-state index contributed by atoms with van der Waals surface area (Å²) in [5.74, 6) is -0.0947. The molecule has 2 atom stereocenters. The molecule has 0 aliphatic carbocycles. The van der Waals surface area contributed by atoms with Crippen molar-refractivity contribution in [3.05, 3.63) is 0 Å². The Labute approximate surface area is 122 Å². The molecule has 2 unspecified atom stereocenters. The van der Waals surface area contributed by atoms with Crippen LogP contribution in [-0.2, 0) is 9.59 Å². The van der Waals surface area contributed by atoms with Crippen LogP contribution in [0.3, 0.4) is 0 Å². The highest BCUT2D eigenvalue weighted by Crippen LogP contribution is 2.17. The standard InChI is InChI=1S/C15H29N3O2/c1-6-12(4)18-14(19)10-13(15(18)20)16-8-7-9-17(5)11(2)3/h11-13,16H,6-10H2,1-5H3. The van der Waals surface area contributed by atoms with Crippen LogP contribution >= 0.6 is 0 Å². The summed E-state index contributed by atoms with van der Waals surface area (Å²) in [4.78, 5) is 27.8. The molecule has 0 aromatic heterocycles. The SMILES string of the molecule is CCC(C)N1C(=O)CC(NCCCN(C)C(C)C)C1=O. The monoisotopic (exact) mass is 283 g/mol. The summed E-state index contributed by atoms with van der Waals surface area (Å²) in [5.41, 5.74) is 0. The van der Waals surface area contributed by atoms with Gasteiger partial charge < -0.3 is 10.2 Å². The van der Waals surface area contributed by atoms with Gasteiger partial charge in [0.1, 0.15) is 0 Å². The molecule has 0 radical (unpaired) electrons. The van der Waals surface area contributed by atoms with Crippen LogP contribution in [0, 0.1) is 0 Å². The molecule has 20 heavy (non-hydrogen) atoms. The molecule has 0 saturated carbocycles. The van der Waals surface area contributed by atoms with E-state index < -0.39 is 0 Å². The van der Waals surface area contributed by atoms with Crippen molar-refractivity contribution >= 4 is 11.8 Å². The third kappa shape index (κ3) is 4.28. The van der Waals surface area contributed by atoms with Gasteiger partial charge in [0.15, 0.2) is 0 Å². The molecule has 116 valence electrons. The van der Waals surface area contributed by atoms with E-state index in [4.69, 9.17) is 0 Å². The molecular weight excluding hydrogens is 254 g/mol. The first kappa shape index (κ1) is 17.1. The zero-order chi connectivity index (χ0) is 15.3. The van der Waals surface area contributed by atoms with Crippen LogP contribution in [0.15, 0.2) is 0 Å². The summed E-state index contributed by atoms with van der Waals surface area (Å²) < 4.78 is 0. The molecule has 1 rings (SSSR count). The van der Waals surface area contributed by atoms with Crippen molar-refractivity contribution in [2.75, 3.05) is 20.1 Å². The zero-order valence-electron chi connectivity index (χ0n) is 13.5. The van der Waals surface area contributed by atoms with Crippen LogP contribution in [0.1, 0.15) is 47.0 Å². The Bertz CT molecular complexity index is 344. The molecule has 1 aliphatic heterocycles. The third-order valence-corrected chi connectivity index (χ3v) is 4.17. The number of amides is 2. The van der Waals surface area contributed by atoms with Gasteiger partial charge in [-0.2, -0.15) is 0 Å². The van der Waals surface area contributed by atoms with Crippen molar-refractivity contribution < 1.29 is 9.59 Å². The molecule has 1 N–H and O–H groups in total. The van der Waals surface area contributed by atoms with Gasteiger partial charge in [-0.25, -0.2) is 0 Å². The largest absolute Gasteiger partial charge is 0.305 e. The Hall–Kier alpha value is -0.940. The fourth-order valence-corrected chi connectivity index (χ4v) is 2.32. The molecule has 0 aromatic rings. The minimum atomic E-state index is -0.319. The molecule has 1 fully saturated rings. The second-order valence-electron chi connectivity index (χ2n) is 6.00. The summed E-state index contributed by atoms with van der Waals surface area (Å²) >= 11 is 0. The highest BCUT2D eigenvalue weighted by atomic mass is 16.2. The first-order valence-electron chi connectivity index (χ1n) is 7.68. The molecule has 0 bridgehead atoms. The van der Waals surface area contributed by atoms with Gasteiger partial charge >= 0.3 is 0 Å². The normalized spacial score (nSPS) is 21.4. The lowest BCUT2D eigenvalue weighted by molar-refractivity contribution is -0.141. The quantitative estimate of drug-likeness (QED) is 0.538. The van der Waals surface area contributed by atoms with Crippen LogP contribution in [0.2, 0.25) is 0 Å². The number of likely N-dealkylation sites (tertiary alicyclic amines) is 1. The van der Waals surface area contributed by atoms with Crippen LogP contribution < -0.4 is 5.32 Å².